The van der Waals surface area contributed by atoms with Gasteiger partial charge in [-0.3, -0.25) is 0 Å². The second-order valence-electron chi connectivity index (χ2n) is 4.58. The number of fused-ring (bicyclic) bond motifs is 2. The second-order valence-corrected chi connectivity index (χ2v) is 5.62. The molecule has 0 radical (unpaired) electrons. The maximum absolute atomic E-state index is 9.48. The van der Waals surface area contributed by atoms with Gasteiger partial charge in [-0.25, -0.2) is 4.98 Å². The van der Waals surface area contributed by atoms with Gasteiger partial charge >= 0.3 is 0 Å². The molecule has 0 aromatic carbocycles. The van der Waals surface area contributed by atoms with Crippen molar-refractivity contribution in [3.05, 3.63) is 11.1 Å². The molecule has 16 heavy (non-hydrogen) atoms. The Morgan fingerprint density at radius 1 is 1.50 bits per heavy atom. The van der Waals surface area contributed by atoms with E-state index in [0.717, 1.165) is 23.1 Å². The summed E-state index contributed by atoms with van der Waals surface area (Å²) >= 11 is 1.59. The molecule has 3 heterocycles. The Balaban J connectivity index is 1.76. The number of rotatable bonds is 2. The molecule has 88 valence electrons. The summed E-state index contributed by atoms with van der Waals surface area (Å²) in [7, 11) is 0. The number of aliphatic hydroxyl groups excluding tert-OH is 1. The molecule has 2 bridgehead atoms. The Kier molecular flexibility index (Phi) is 2.61. The predicted octanol–water partition coefficient (Wildman–Crippen LogP) is 1.56. The van der Waals surface area contributed by atoms with Crippen molar-refractivity contribution >= 4 is 16.5 Å². The molecule has 0 amide bonds. The zero-order valence-corrected chi connectivity index (χ0v) is 10.1. The second kappa shape index (κ2) is 3.98. The smallest absolute Gasteiger partial charge is 0.185 e. The van der Waals surface area contributed by atoms with Crippen molar-refractivity contribution in [1.82, 2.24) is 4.98 Å². The van der Waals surface area contributed by atoms with Gasteiger partial charge in [-0.2, -0.15) is 0 Å². The van der Waals surface area contributed by atoms with Crippen LogP contribution in [0, 0.1) is 0 Å². The molecule has 0 saturated carbocycles. The molecule has 1 aromatic rings. The van der Waals surface area contributed by atoms with Crippen LogP contribution in [0.5, 0.6) is 0 Å². The molecule has 3 rings (SSSR count). The van der Waals surface area contributed by atoms with Crippen molar-refractivity contribution in [2.24, 2.45) is 0 Å². The van der Waals surface area contributed by atoms with Gasteiger partial charge in [0.2, 0.25) is 0 Å². The fourth-order valence-electron chi connectivity index (χ4n) is 2.39. The van der Waals surface area contributed by atoms with E-state index in [0.29, 0.717) is 12.2 Å². The number of morpholine rings is 1. The lowest BCUT2D eigenvalue weighted by Gasteiger charge is -2.31. The Bertz CT molecular complexity index is 368. The predicted molar refractivity (Wildman–Crippen MR) is 62.9 cm³/mol. The molecule has 2 fully saturated rings. The highest BCUT2D eigenvalue weighted by atomic mass is 32.1. The highest BCUT2D eigenvalue weighted by molar-refractivity contribution is 7.15. The molecule has 2 aliphatic heterocycles. The van der Waals surface area contributed by atoms with Crippen LogP contribution in [0.25, 0.3) is 0 Å². The minimum absolute atomic E-state index is 0.387. The van der Waals surface area contributed by atoms with Crippen molar-refractivity contribution in [3.63, 3.8) is 0 Å². The van der Waals surface area contributed by atoms with Crippen molar-refractivity contribution in [2.75, 3.05) is 18.0 Å². The molecule has 1 aromatic heterocycles. The average molecular weight is 240 g/mol. The van der Waals surface area contributed by atoms with Crippen LogP contribution in [0.3, 0.4) is 0 Å². The normalized spacial score (nSPS) is 30.8. The summed E-state index contributed by atoms with van der Waals surface area (Å²) in [6.07, 6.45) is 4.49. The van der Waals surface area contributed by atoms with E-state index in [4.69, 9.17) is 4.74 Å². The number of aromatic nitrogens is 1. The molecule has 4 nitrogen and oxygen atoms in total. The van der Waals surface area contributed by atoms with E-state index in [9.17, 15) is 5.11 Å². The van der Waals surface area contributed by atoms with Crippen LogP contribution in [0.4, 0.5) is 5.13 Å². The van der Waals surface area contributed by atoms with Crippen LogP contribution in [0.1, 0.15) is 30.7 Å². The van der Waals surface area contributed by atoms with Gasteiger partial charge in [0.15, 0.2) is 5.13 Å². The van der Waals surface area contributed by atoms with Crippen molar-refractivity contribution in [2.45, 2.75) is 38.1 Å². The first-order valence-electron chi connectivity index (χ1n) is 5.76. The molecular formula is C11H16N2O2S. The van der Waals surface area contributed by atoms with E-state index in [1.807, 2.05) is 0 Å². The summed E-state index contributed by atoms with van der Waals surface area (Å²) in [4.78, 5) is 7.62. The SMILES string of the molecule is CC(O)c1cnc(N2CC3CCC(C2)O3)s1. The molecule has 5 heteroatoms. The Hall–Kier alpha value is -0.650. The van der Waals surface area contributed by atoms with Crippen LogP contribution in [-0.2, 0) is 4.74 Å². The van der Waals surface area contributed by atoms with Gasteiger partial charge in [-0.05, 0) is 19.8 Å². The van der Waals surface area contributed by atoms with Crippen molar-refractivity contribution < 1.29 is 9.84 Å². The van der Waals surface area contributed by atoms with E-state index < -0.39 is 6.10 Å². The number of ether oxygens (including phenoxy) is 1. The molecule has 2 saturated heterocycles. The molecule has 3 unspecified atom stereocenters. The van der Waals surface area contributed by atoms with Gasteiger partial charge in [0.25, 0.3) is 0 Å². The zero-order chi connectivity index (χ0) is 11.1. The third-order valence-electron chi connectivity index (χ3n) is 3.24. The number of aliphatic hydroxyl groups is 1. The van der Waals surface area contributed by atoms with Gasteiger partial charge in [-0.1, -0.05) is 11.3 Å². The monoisotopic (exact) mass is 240 g/mol. The molecular weight excluding hydrogens is 224 g/mol. The van der Waals surface area contributed by atoms with Crippen molar-refractivity contribution in [1.29, 1.82) is 0 Å². The first-order valence-corrected chi connectivity index (χ1v) is 6.58. The Labute approximate surface area is 98.9 Å². The third-order valence-corrected chi connectivity index (χ3v) is 4.47. The number of hydrogen-bond acceptors (Lipinski definition) is 5. The maximum atomic E-state index is 9.48. The van der Waals surface area contributed by atoms with E-state index in [1.54, 1.807) is 24.5 Å². The standard InChI is InChI=1S/C11H16N2O2S/c1-7(14)10-4-12-11(16-10)13-5-8-2-3-9(6-13)15-8/h4,7-9,14H,2-3,5-6H2,1H3. The van der Waals surface area contributed by atoms with Gasteiger partial charge in [0.1, 0.15) is 0 Å². The molecule has 1 N–H and O–H groups in total. The highest BCUT2D eigenvalue weighted by Gasteiger charge is 2.34. The quantitative estimate of drug-likeness (QED) is 0.852. The van der Waals surface area contributed by atoms with Crippen LogP contribution in [0.15, 0.2) is 6.20 Å². The summed E-state index contributed by atoms with van der Waals surface area (Å²) in [5.74, 6) is 0. The van der Waals surface area contributed by atoms with Crippen LogP contribution in [0.2, 0.25) is 0 Å². The first-order chi connectivity index (χ1) is 7.72. The third kappa shape index (κ3) is 1.83. The number of anilines is 1. The molecule has 0 spiro atoms. The van der Waals surface area contributed by atoms with Gasteiger partial charge in [-0.15, -0.1) is 0 Å². The summed E-state index contributed by atoms with van der Waals surface area (Å²) < 4.78 is 5.79. The minimum atomic E-state index is -0.413. The lowest BCUT2D eigenvalue weighted by Crippen LogP contribution is -2.42. The van der Waals surface area contributed by atoms with E-state index in [-0.39, 0.29) is 0 Å². The first kappa shape index (κ1) is 10.5. The molecule has 2 aliphatic rings. The lowest BCUT2D eigenvalue weighted by molar-refractivity contribution is 0.0305. The van der Waals surface area contributed by atoms with Crippen LogP contribution in [-0.4, -0.2) is 35.4 Å². The molecule has 0 aliphatic carbocycles. The van der Waals surface area contributed by atoms with Crippen LogP contribution >= 0.6 is 11.3 Å². The topological polar surface area (TPSA) is 45.6 Å². The van der Waals surface area contributed by atoms with Gasteiger partial charge in [0, 0.05) is 19.3 Å². The fourth-order valence-corrected chi connectivity index (χ4v) is 3.26. The molecule has 3 atom stereocenters. The largest absolute Gasteiger partial charge is 0.388 e. The Morgan fingerprint density at radius 3 is 2.75 bits per heavy atom. The number of hydrogen-bond donors (Lipinski definition) is 1. The highest BCUT2D eigenvalue weighted by Crippen LogP contribution is 2.33. The summed E-state index contributed by atoms with van der Waals surface area (Å²) in [5.41, 5.74) is 0. The van der Waals surface area contributed by atoms with Gasteiger partial charge < -0.3 is 14.7 Å². The summed E-state index contributed by atoms with van der Waals surface area (Å²) in [6, 6.07) is 0. The average Bonchev–Trinajstić information content (AvgIpc) is 2.85. The fraction of sp³-hybridized carbons (Fsp3) is 0.727. The lowest BCUT2D eigenvalue weighted by atomic mass is 10.2. The van der Waals surface area contributed by atoms with E-state index in [2.05, 4.69) is 9.88 Å². The van der Waals surface area contributed by atoms with Crippen molar-refractivity contribution in [3.8, 4) is 0 Å². The number of thiazole rings is 1. The maximum Gasteiger partial charge on any atom is 0.185 e. The summed E-state index contributed by atoms with van der Waals surface area (Å²) in [6.45, 7) is 3.67. The zero-order valence-electron chi connectivity index (χ0n) is 9.30. The number of nitrogens with zero attached hydrogens (tertiary/aromatic N) is 2. The van der Waals surface area contributed by atoms with E-state index in [1.165, 1.54) is 12.8 Å². The Morgan fingerprint density at radius 2 is 2.19 bits per heavy atom. The van der Waals surface area contributed by atoms with Crippen LogP contribution < -0.4 is 4.90 Å². The minimum Gasteiger partial charge on any atom is -0.388 e. The van der Waals surface area contributed by atoms with Gasteiger partial charge in [0.05, 0.1) is 23.2 Å². The van der Waals surface area contributed by atoms with E-state index >= 15 is 0 Å². The summed E-state index contributed by atoms with van der Waals surface area (Å²) in [5, 5.41) is 10.5.